The smallest absolute Gasteiger partial charge is 0.383 e. The van der Waals surface area contributed by atoms with Crippen molar-refractivity contribution in [3.63, 3.8) is 0 Å². The number of carbonyl (C=O) groups excluding carboxylic acids is 1. The first-order chi connectivity index (χ1) is 16.2. The zero-order chi connectivity index (χ0) is 24.5. The Balaban J connectivity index is 1.58. The fourth-order valence-electron chi connectivity index (χ4n) is 5.36. The van der Waals surface area contributed by atoms with Crippen LogP contribution in [0.1, 0.15) is 30.1 Å². The van der Waals surface area contributed by atoms with Crippen molar-refractivity contribution in [3.8, 4) is 0 Å². The second kappa shape index (κ2) is 10.0. The first kappa shape index (κ1) is 24.6. The van der Waals surface area contributed by atoms with Crippen molar-refractivity contribution in [3.05, 3.63) is 53.0 Å². The number of rotatable bonds is 6. The molecule has 2 N–H and O–H groups in total. The Kier molecular flexibility index (Phi) is 7.25. The molecule has 0 saturated carbocycles. The van der Waals surface area contributed by atoms with Crippen LogP contribution in [-0.2, 0) is 15.7 Å². The maximum Gasteiger partial charge on any atom is 0.416 e. The Labute approximate surface area is 196 Å². The average Bonchev–Trinajstić information content (AvgIpc) is 3.20. The number of carbonyl (C=O) groups is 1. The number of hydrazine groups is 1. The van der Waals surface area contributed by atoms with Crippen LogP contribution in [-0.4, -0.2) is 78.7 Å². The van der Waals surface area contributed by atoms with Gasteiger partial charge in [0.15, 0.2) is 0 Å². The molecule has 3 saturated heterocycles. The third kappa shape index (κ3) is 4.96. The van der Waals surface area contributed by atoms with Crippen LogP contribution >= 0.6 is 0 Å². The lowest BCUT2D eigenvalue weighted by molar-refractivity contribution is -0.714. The molecule has 0 aliphatic carbocycles. The number of fused-ring (bicyclic) bond motifs is 1. The summed E-state index contributed by atoms with van der Waals surface area (Å²) in [5, 5.41) is 8.73. The zero-order valence-electron chi connectivity index (χ0n) is 19.1. The number of hydrogen-bond donors (Lipinski definition) is 2. The number of alkyl halides is 3. The summed E-state index contributed by atoms with van der Waals surface area (Å²) in [6.45, 7) is 6.15. The molecule has 186 valence electrons. The highest BCUT2D eigenvalue weighted by atomic mass is 19.4. The van der Waals surface area contributed by atoms with Gasteiger partial charge in [0, 0.05) is 32.7 Å². The van der Waals surface area contributed by atoms with E-state index in [4.69, 9.17) is 4.74 Å². The second-order valence-corrected chi connectivity index (χ2v) is 9.06. The highest BCUT2D eigenvalue weighted by Crippen LogP contribution is 2.35. The van der Waals surface area contributed by atoms with Gasteiger partial charge in [-0.25, -0.2) is 0 Å². The van der Waals surface area contributed by atoms with Crippen LogP contribution in [0.15, 0.2) is 36.9 Å². The van der Waals surface area contributed by atoms with Gasteiger partial charge in [0.2, 0.25) is 5.91 Å². The number of ether oxygens (including phenoxy) is 1. The van der Waals surface area contributed by atoms with Gasteiger partial charge in [-0.1, -0.05) is 18.7 Å². The monoisotopic (exact) mass is 482 g/mol. The van der Waals surface area contributed by atoms with E-state index in [1.807, 2.05) is 0 Å². The summed E-state index contributed by atoms with van der Waals surface area (Å²) < 4.78 is 44.2. The molecule has 3 aliphatic rings. The fraction of sp³-hybridized carbons (Fsp3) is 0.609. The molecule has 0 aromatic heterocycles. The average molecular weight is 483 g/mol. The van der Waals surface area contributed by atoms with Gasteiger partial charge in [0.25, 0.3) is 6.04 Å². The van der Waals surface area contributed by atoms with Crippen LogP contribution in [0, 0.1) is 10.8 Å². The zero-order valence-corrected chi connectivity index (χ0v) is 19.1. The van der Waals surface area contributed by atoms with Crippen molar-refractivity contribution in [2.75, 3.05) is 39.9 Å². The fourth-order valence-corrected chi connectivity index (χ4v) is 5.36. The lowest BCUT2D eigenvalue weighted by atomic mass is 9.78. The molecule has 0 bridgehead atoms. The van der Waals surface area contributed by atoms with Gasteiger partial charge in [-0.3, -0.25) is 15.4 Å². The lowest BCUT2D eigenvalue weighted by Gasteiger charge is -2.48. The molecule has 0 spiro atoms. The van der Waals surface area contributed by atoms with Crippen molar-refractivity contribution >= 4 is 5.91 Å². The van der Waals surface area contributed by atoms with Crippen LogP contribution in [0.2, 0.25) is 0 Å². The van der Waals surface area contributed by atoms with Gasteiger partial charge in [0.05, 0.1) is 35.8 Å². The first-order valence-corrected chi connectivity index (χ1v) is 11.5. The van der Waals surface area contributed by atoms with E-state index in [2.05, 4.69) is 17.2 Å². The van der Waals surface area contributed by atoms with Gasteiger partial charge in [0.1, 0.15) is 11.4 Å². The molecule has 4 rings (SSSR count). The SMILES string of the molecule is C=CC(=O)N1CCC2C(C1)NC(c1ccc(C(F)(F)F)cc1)NC2C1CCN(CCOC)[N+]1=O. The molecule has 3 fully saturated rings. The molecule has 3 heterocycles. The summed E-state index contributed by atoms with van der Waals surface area (Å²) in [5.41, 5.74) is -0.0625. The Bertz CT molecular complexity index is 910. The number of methoxy groups -OCH3 is 1. The standard InChI is InChI=1S/C23H31F3N5O3/c1-3-20(32)29-10-8-17-18(14-29)27-22(15-4-6-16(7-5-15)23(24,25)26)28-21(17)19-9-11-30(31(19)33)12-13-34-2/h3-7,17-19,21-22,27-28H,1,8-14H2,2H3/q+1. The summed E-state index contributed by atoms with van der Waals surface area (Å²) >= 11 is 0. The van der Waals surface area contributed by atoms with Gasteiger partial charge >= 0.3 is 6.18 Å². The number of nitroso groups, excluding NO2 is 1. The molecular formula is C23H31F3N5O3+. The number of amides is 1. The van der Waals surface area contributed by atoms with E-state index in [0.29, 0.717) is 51.2 Å². The molecule has 34 heavy (non-hydrogen) atoms. The van der Waals surface area contributed by atoms with Crippen LogP contribution < -0.4 is 10.6 Å². The minimum Gasteiger partial charge on any atom is -0.383 e. The van der Waals surface area contributed by atoms with Gasteiger partial charge in [-0.2, -0.15) is 13.2 Å². The normalized spacial score (nSPS) is 29.8. The maximum absolute atomic E-state index is 13.1. The first-order valence-electron chi connectivity index (χ1n) is 11.5. The van der Waals surface area contributed by atoms with Crippen LogP contribution in [0.4, 0.5) is 13.2 Å². The minimum atomic E-state index is -4.41. The third-order valence-electron chi connectivity index (χ3n) is 7.14. The molecular weight excluding hydrogens is 451 g/mol. The second-order valence-electron chi connectivity index (χ2n) is 9.06. The summed E-state index contributed by atoms with van der Waals surface area (Å²) in [7, 11) is 1.59. The molecule has 1 aromatic rings. The van der Waals surface area contributed by atoms with E-state index in [1.165, 1.54) is 18.2 Å². The Morgan fingerprint density at radius 1 is 1.24 bits per heavy atom. The van der Waals surface area contributed by atoms with Crippen molar-refractivity contribution in [1.29, 1.82) is 0 Å². The molecule has 0 radical (unpaired) electrons. The van der Waals surface area contributed by atoms with E-state index in [-0.39, 0.29) is 30.0 Å². The largest absolute Gasteiger partial charge is 0.416 e. The summed E-state index contributed by atoms with van der Waals surface area (Å²) in [5.74, 6) is -0.0677. The van der Waals surface area contributed by atoms with Crippen molar-refractivity contribution in [2.45, 2.75) is 43.3 Å². The summed E-state index contributed by atoms with van der Waals surface area (Å²) in [6.07, 6.45) is -2.20. The molecule has 1 amide bonds. The van der Waals surface area contributed by atoms with Crippen molar-refractivity contribution in [2.24, 2.45) is 5.92 Å². The van der Waals surface area contributed by atoms with E-state index < -0.39 is 17.9 Å². The van der Waals surface area contributed by atoms with Crippen molar-refractivity contribution < 1.29 is 27.6 Å². The maximum atomic E-state index is 13.1. The Morgan fingerprint density at radius 3 is 2.62 bits per heavy atom. The number of halogens is 3. The van der Waals surface area contributed by atoms with E-state index in [0.717, 1.165) is 17.0 Å². The molecule has 11 heteroatoms. The molecule has 8 nitrogen and oxygen atoms in total. The number of benzene rings is 1. The Hall–Kier alpha value is -2.50. The van der Waals surface area contributed by atoms with E-state index in [1.54, 1.807) is 17.0 Å². The molecule has 3 aliphatic heterocycles. The minimum absolute atomic E-state index is 0.0865. The summed E-state index contributed by atoms with van der Waals surface area (Å²) in [4.78, 5) is 28.1. The number of piperidine rings is 1. The number of hydrogen-bond acceptors (Lipinski definition) is 5. The van der Waals surface area contributed by atoms with Crippen molar-refractivity contribution in [1.82, 2.24) is 20.5 Å². The van der Waals surface area contributed by atoms with E-state index >= 15 is 0 Å². The lowest BCUT2D eigenvalue weighted by Crippen LogP contribution is -2.68. The number of nitrogens with one attached hydrogen (secondary N) is 2. The molecule has 5 atom stereocenters. The van der Waals surface area contributed by atoms with Gasteiger partial charge in [-0.05, 0) is 36.1 Å². The van der Waals surface area contributed by atoms with Crippen LogP contribution in [0.25, 0.3) is 0 Å². The summed E-state index contributed by atoms with van der Waals surface area (Å²) in [6, 6.07) is 4.42. The Morgan fingerprint density at radius 2 is 1.97 bits per heavy atom. The molecule has 1 aromatic carbocycles. The number of likely N-dealkylation sites (tertiary alicyclic amines) is 1. The quantitative estimate of drug-likeness (QED) is 0.478. The van der Waals surface area contributed by atoms with Crippen LogP contribution in [0.5, 0.6) is 0 Å². The van der Waals surface area contributed by atoms with Crippen LogP contribution in [0.3, 0.4) is 0 Å². The highest BCUT2D eigenvalue weighted by Gasteiger charge is 2.53. The third-order valence-corrected chi connectivity index (χ3v) is 7.14. The van der Waals surface area contributed by atoms with Gasteiger partial charge < -0.3 is 9.64 Å². The highest BCUT2D eigenvalue weighted by molar-refractivity contribution is 5.87. The number of nitrogens with zero attached hydrogens (tertiary/aromatic N) is 3. The molecule has 5 unspecified atom stereocenters. The predicted molar refractivity (Wildman–Crippen MR) is 118 cm³/mol. The predicted octanol–water partition coefficient (Wildman–Crippen LogP) is 2.08. The van der Waals surface area contributed by atoms with E-state index in [9.17, 15) is 22.9 Å². The van der Waals surface area contributed by atoms with Gasteiger partial charge in [-0.15, -0.1) is 5.01 Å². The topological polar surface area (TPSA) is 76.9 Å².